The van der Waals surface area contributed by atoms with E-state index in [0.717, 1.165) is 0 Å². The van der Waals surface area contributed by atoms with Crippen molar-refractivity contribution in [2.75, 3.05) is 13.1 Å². The largest absolute Gasteiger partial charge is 0.345 e. The number of carbonyl (C=O) groups excluding carboxylic acids is 1. The summed E-state index contributed by atoms with van der Waals surface area (Å²) < 4.78 is 26.7. The number of nitrogens with two attached hydrogens (primary N) is 1. The van der Waals surface area contributed by atoms with Crippen LogP contribution in [0.2, 0.25) is 0 Å². The molecule has 1 aromatic rings. The van der Waals surface area contributed by atoms with Gasteiger partial charge in [-0.2, -0.15) is 5.10 Å². The van der Waals surface area contributed by atoms with Crippen molar-refractivity contribution in [3.8, 4) is 0 Å². The zero-order valence-corrected chi connectivity index (χ0v) is 9.43. The first kappa shape index (κ1) is 14.8. The van der Waals surface area contributed by atoms with Crippen molar-refractivity contribution >= 4 is 18.3 Å². The zero-order valence-electron chi connectivity index (χ0n) is 8.61. The third kappa shape index (κ3) is 3.74. The molecule has 16 heavy (non-hydrogen) atoms. The highest BCUT2D eigenvalue weighted by Gasteiger charge is 2.27. The van der Waals surface area contributed by atoms with Gasteiger partial charge in [0.1, 0.15) is 5.69 Å². The second-order valence-corrected chi connectivity index (χ2v) is 3.08. The summed E-state index contributed by atoms with van der Waals surface area (Å²) in [5, 5.41) is 5.83. The minimum atomic E-state index is -3.08. The quantitative estimate of drug-likeness (QED) is 0.804. The van der Waals surface area contributed by atoms with Gasteiger partial charge < -0.3 is 11.1 Å². The highest BCUT2D eigenvalue weighted by Crippen LogP contribution is 2.09. The van der Waals surface area contributed by atoms with E-state index in [1.165, 1.54) is 16.9 Å². The molecule has 1 rings (SSSR count). The molecular formula is C8H13ClF2N4O. The number of halogens is 3. The van der Waals surface area contributed by atoms with Gasteiger partial charge >= 0.3 is 0 Å². The van der Waals surface area contributed by atoms with E-state index in [-0.39, 0.29) is 18.1 Å². The van der Waals surface area contributed by atoms with Gasteiger partial charge in [-0.15, -0.1) is 12.4 Å². The zero-order chi connectivity index (χ0) is 11.5. The van der Waals surface area contributed by atoms with Gasteiger partial charge in [0, 0.05) is 13.2 Å². The fourth-order valence-corrected chi connectivity index (χ4v) is 0.969. The monoisotopic (exact) mass is 254 g/mol. The van der Waals surface area contributed by atoms with E-state index >= 15 is 0 Å². The molecule has 0 radical (unpaired) electrons. The van der Waals surface area contributed by atoms with Crippen molar-refractivity contribution in [3.63, 3.8) is 0 Å². The predicted molar refractivity (Wildman–Crippen MR) is 56.8 cm³/mol. The molecule has 0 atom stereocenters. The Morgan fingerprint density at radius 1 is 1.69 bits per heavy atom. The van der Waals surface area contributed by atoms with E-state index < -0.39 is 24.9 Å². The predicted octanol–water partition coefficient (Wildman–Crippen LogP) is 0.166. The number of alkyl halides is 2. The van der Waals surface area contributed by atoms with E-state index in [4.69, 9.17) is 5.73 Å². The average Bonchev–Trinajstić information content (AvgIpc) is 2.61. The Labute approximate surface area is 97.4 Å². The second-order valence-electron chi connectivity index (χ2n) is 3.08. The van der Waals surface area contributed by atoms with Crippen LogP contribution in [0.25, 0.3) is 0 Å². The summed E-state index contributed by atoms with van der Waals surface area (Å²) in [6.45, 7) is -1.56. The van der Waals surface area contributed by atoms with Gasteiger partial charge in [-0.1, -0.05) is 0 Å². The van der Waals surface area contributed by atoms with Crippen molar-refractivity contribution in [2.45, 2.75) is 5.92 Å². The lowest BCUT2D eigenvalue weighted by Crippen LogP contribution is -2.41. The fraction of sp³-hybridized carbons (Fsp3) is 0.500. The summed E-state index contributed by atoms with van der Waals surface area (Å²) in [6, 6.07) is 1.44. The van der Waals surface area contributed by atoms with E-state index in [9.17, 15) is 13.6 Å². The molecule has 0 bridgehead atoms. The third-order valence-electron chi connectivity index (χ3n) is 1.86. The first-order valence-corrected chi connectivity index (χ1v) is 4.30. The number of nitrogens with zero attached hydrogens (tertiary/aromatic N) is 2. The van der Waals surface area contributed by atoms with Crippen LogP contribution >= 0.6 is 12.4 Å². The van der Waals surface area contributed by atoms with Crippen molar-refractivity contribution in [2.24, 2.45) is 12.8 Å². The summed E-state index contributed by atoms with van der Waals surface area (Å²) >= 11 is 0. The van der Waals surface area contributed by atoms with Crippen molar-refractivity contribution in [1.82, 2.24) is 15.1 Å². The van der Waals surface area contributed by atoms with Crippen LogP contribution < -0.4 is 11.1 Å². The molecule has 0 aliphatic heterocycles. The summed E-state index contributed by atoms with van der Waals surface area (Å²) in [7, 11) is 1.55. The molecule has 0 spiro atoms. The summed E-state index contributed by atoms with van der Waals surface area (Å²) in [6.07, 6.45) is 1.41. The van der Waals surface area contributed by atoms with Gasteiger partial charge in [0.05, 0.1) is 13.1 Å². The molecule has 0 saturated heterocycles. The van der Waals surface area contributed by atoms with E-state index in [2.05, 4.69) is 10.4 Å². The maximum absolute atomic E-state index is 12.7. The molecule has 5 nitrogen and oxygen atoms in total. The molecule has 1 aromatic heterocycles. The summed E-state index contributed by atoms with van der Waals surface area (Å²) in [4.78, 5) is 11.3. The van der Waals surface area contributed by atoms with Gasteiger partial charge in [-0.05, 0) is 6.07 Å². The Kier molecular flexibility index (Phi) is 5.32. The molecule has 3 N–H and O–H groups in total. The molecular weight excluding hydrogens is 242 g/mol. The molecule has 1 amide bonds. The minimum Gasteiger partial charge on any atom is -0.345 e. The Balaban J connectivity index is 0.00000225. The lowest BCUT2D eigenvalue weighted by Gasteiger charge is -2.14. The second kappa shape index (κ2) is 5.76. The molecule has 0 saturated carbocycles. The Bertz CT molecular complexity index is 356. The molecule has 0 aromatic carbocycles. The topological polar surface area (TPSA) is 72.9 Å². The van der Waals surface area contributed by atoms with E-state index in [1.807, 2.05) is 0 Å². The fourth-order valence-electron chi connectivity index (χ4n) is 0.969. The number of nitrogens with one attached hydrogen (secondary N) is 1. The van der Waals surface area contributed by atoms with Gasteiger partial charge in [0.25, 0.3) is 11.8 Å². The van der Waals surface area contributed by atoms with Crippen LogP contribution in [0.1, 0.15) is 10.5 Å². The van der Waals surface area contributed by atoms with Gasteiger partial charge in [-0.3, -0.25) is 9.48 Å². The Morgan fingerprint density at radius 3 is 2.75 bits per heavy atom. The van der Waals surface area contributed by atoms with Crippen molar-refractivity contribution < 1.29 is 13.6 Å². The van der Waals surface area contributed by atoms with Crippen LogP contribution in [-0.2, 0) is 7.05 Å². The van der Waals surface area contributed by atoms with E-state index in [1.54, 1.807) is 7.05 Å². The highest BCUT2D eigenvalue weighted by molar-refractivity contribution is 5.92. The summed E-state index contributed by atoms with van der Waals surface area (Å²) in [5.74, 6) is -3.67. The number of hydrogen-bond acceptors (Lipinski definition) is 3. The maximum atomic E-state index is 12.7. The number of amides is 1. The number of hydrogen-bond donors (Lipinski definition) is 2. The first-order valence-electron chi connectivity index (χ1n) is 4.30. The highest BCUT2D eigenvalue weighted by atomic mass is 35.5. The van der Waals surface area contributed by atoms with Gasteiger partial charge in [0.15, 0.2) is 0 Å². The smallest absolute Gasteiger partial charge is 0.277 e. The molecule has 0 aliphatic rings. The standard InChI is InChI=1S/C8H12F2N4O.ClH/c1-14-6(2-3-13-14)7(15)12-5-8(9,10)4-11;/h2-3H,4-5,11H2,1H3,(H,12,15);1H. The van der Waals surface area contributed by atoms with E-state index in [0.29, 0.717) is 0 Å². The summed E-state index contributed by atoms with van der Waals surface area (Å²) in [5.41, 5.74) is 5.05. The minimum absolute atomic E-state index is 0. The number of carbonyl (C=O) groups is 1. The van der Waals surface area contributed by atoms with Crippen LogP contribution in [0.4, 0.5) is 8.78 Å². The number of aryl methyl sites for hydroxylation is 1. The van der Waals surface area contributed by atoms with Gasteiger partial charge in [-0.25, -0.2) is 8.78 Å². The molecule has 8 heteroatoms. The normalized spacial score (nSPS) is 10.8. The van der Waals surface area contributed by atoms with Gasteiger partial charge in [0.2, 0.25) is 0 Å². The number of aromatic nitrogens is 2. The third-order valence-corrected chi connectivity index (χ3v) is 1.86. The Morgan fingerprint density at radius 2 is 2.31 bits per heavy atom. The van der Waals surface area contributed by atoms with Crippen LogP contribution in [0.3, 0.4) is 0 Å². The number of rotatable bonds is 4. The van der Waals surface area contributed by atoms with Crippen molar-refractivity contribution in [1.29, 1.82) is 0 Å². The average molecular weight is 255 g/mol. The van der Waals surface area contributed by atoms with Crippen LogP contribution in [0.5, 0.6) is 0 Å². The molecule has 0 fully saturated rings. The van der Waals surface area contributed by atoms with Crippen LogP contribution in [0, 0.1) is 0 Å². The van der Waals surface area contributed by atoms with Crippen LogP contribution in [0.15, 0.2) is 12.3 Å². The molecule has 0 unspecified atom stereocenters. The SMILES string of the molecule is Cl.Cn1nccc1C(=O)NCC(F)(F)CN. The van der Waals surface area contributed by atoms with Crippen molar-refractivity contribution in [3.05, 3.63) is 18.0 Å². The molecule has 0 aliphatic carbocycles. The van der Waals surface area contributed by atoms with Crippen LogP contribution in [-0.4, -0.2) is 34.7 Å². The Hall–Kier alpha value is -1.21. The first-order chi connectivity index (χ1) is 6.96. The molecule has 92 valence electrons. The maximum Gasteiger partial charge on any atom is 0.277 e. The lowest BCUT2D eigenvalue weighted by atomic mass is 10.3. The lowest BCUT2D eigenvalue weighted by molar-refractivity contribution is 0.0117. The molecule has 1 heterocycles.